The maximum atomic E-state index is 5.76. The van der Waals surface area contributed by atoms with Crippen molar-refractivity contribution < 1.29 is 9.47 Å². The third kappa shape index (κ3) is 3.66. The van der Waals surface area contributed by atoms with Crippen LogP contribution in [0.3, 0.4) is 0 Å². The summed E-state index contributed by atoms with van der Waals surface area (Å²) in [4.78, 5) is 0. The second-order valence-corrected chi connectivity index (χ2v) is 4.36. The predicted octanol–water partition coefficient (Wildman–Crippen LogP) is 3.52. The van der Waals surface area contributed by atoms with Crippen molar-refractivity contribution in [1.29, 1.82) is 0 Å². The molecule has 0 saturated heterocycles. The molecule has 0 atom stereocenters. The van der Waals surface area contributed by atoms with Gasteiger partial charge in [0.15, 0.2) is 0 Å². The number of rotatable bonds is 3. The van der Waals surface area contributed by atoms with Crippen molar-refractivity contribution in [2.24, 2.45) is 0 Å². The fraction of sp³-hybridized carbons (Fsp3) is 0.385. The highest BCUT2D eigenvalue weighted by Gasteiger charge is 2.12. The van der Waals surface area contributed by atoms with E-state index in [-0.39, 0.29) is 5.60 Å². The van der Waals surface area contributed by atoms with Crippen LogP contribution in [0, 0.1) is 0 Å². The summed E-state index contributed by atoms with van der Waals surface area (Å²) in [6, 6.07) is 5.74. The summed E-state index contributed by atoms with van der Waals surface area (Å²) in [6.07, 6.45) is 1.78. The number of hydrogen-bond donors (Lipinski definition) is 0. The van der Waals surface area contributed by atoms with Gasteiger partial charge in [-0.1, -0.05) is 12.7 Å². The van der Waals surface area contributed by atoms with E-state index in [1.165, 1.54) is 0 Å². The average molecular weight is 206 g/mol. The first-order valence-electron chi connectivity index (χ1n) is 4.95. The van der Waals surface area contributed by atoms with Crippen LogP contribution in [0.25, 0.3) is 6.08 Å². The summed E-state index contributed by atoms with van der Waals surface area (Å²) in [7, 11) is 1.64. The molecule has 0 N–H and O–H groups in total. The van der Waals surface area contributed by atoms with E-state index >= 15 is 0 Å². The lowest BCUT2D eigenvalue weighted by molar-refractivity contribution is 0.130. The Bertz CT molecular complexity index is 348. The van der Waals surface area contributed by atoms with Crippen LogP contribution in [-0.4, -0.2) is 12.7 Å². The van der Waals surface area contributed by atoms with Gasteiger partial charge in [0.2, 0.25) is 0 Å². The first-order chi connectivity index (χ1) is 6.94. The standard InChI is InChI=1S/C13H18O2/c1-6-10-7-11(14-5)9-12(8-10)15-13(2,3)4/h6-9H,1H2,2-5H3. The van der Waals surface area contributed by atoms with Crippen LogP contribution in [0.2, 0.25) is 0 Å². The van der Waals surface area contributed by atoms with Crippen molar-refractivity contribution >= 4 is 6.08 Å². The molecular formula is C13H18O2. The Labute approximate surface area is 91.5 Å². The van der Waals surface area contributed by atoms with Crippen LogP contribution in [0.15, 0.2) is 24.8 Å². The highest BCUT2D eigenvalue weighted by molar-refractivity contribution is 5.53. The third-order valence-corrected chi connectivity index (χ3v) is 1.80. The molecule has 2 nitrogen and oxygen atoms in total. The van der Waals surface area contributed by atoms with Crippen LogP contribution in [0.5, 0.6) is 11.5 Å². The molecule has 0 aromatic heterocycles. The van der Waals surface area contributed by atoms with Gasteiger partial charge in [-0.3, -0.25) is 0 Å². The monoisotopic (exact) mass is 206 g/mol. The maximum Gasteiger partial charge on any atom is 0.124 e. The highest BCUT2D eigenvalue weighted by Crippen LogP contribution is 2.26. The molecule has 0 amide bonds. The maximum absolute atomic E-state index is 5.76. The number of benzene rings is 1. The Balaban J connectivity index is 3.02. The van der Waals surface area contributed by atoms with E-state index < -0.39 is 0 Å². The third-order valence-electron chi connectivity index (χ3n) is 1.80. The first-order valence-corrected chi connectivity index (χ1v) is 4.95. The van der Waals surface area contributed by atoms with Gasteiger partial charge in [-0.25, -0.2) is 0 Å². The number of methoxy groups -OCH3 is 1. The minimum Gasteiger partial charge on any atom is -0.497 e. The Kier molecular flexibility index (Phi) is 3.40. The Hall–Kier alpha value is -1.44. The lowest BCUT2D eigenvalue weighted by atomic mass is 10.1. The highest BCUT2D eigenvalue weighted by atomic mass is 16.5. The normalized spacial score (nSPS) is 10.9. The molecule has 15 heavy (non-hydrogen) atoms. The van der Waals surface area contributed by atoms with Gasteiger partial charge in [0.1, 0.15) is 17.1 Å². The second kappa shape index (κ2) is 4.39. The first kappa shape index (κ1) is 11.6. The van der Waals surface area contributed by atoms with Crippen molar-refractivity contribution in [2.45, 2.75) is 26.4 Å². The van der Waals surface area contributed by atoms with E-state index in [2.05, 4.69) is 6.58 Å². The molecule has 0 aliphatic carbocycles. The number of ether oxygens (including phenoxy) is 2. The molecule has 0 fully saturated rings. The number of hydrogen-bond acceptors (Lipinski definition) is 2. The van der Waals surface area contributed by atoms with E-state index in [4.69, 9.17) is 9.47 Å². The summed E-state index contributed by atoms with van der Waals surface area (Å²) >= 11 is 0. The molecule has 1 rings (SSSR count). The molecule has 2 heteroatoms. The topological polar surface area (TPSA) is 18.5 Å². The van der Waals surface area contributed by atoms with Crippen LogP contribution in [-0.2, 0) is 0 Å². The van der Waals surface area contributed by atoms with E-state index in [0.29, 0.717) is 0 Å². The minimum atomic E-state index is -0.204. The summed E-state index contributed by atoms with van der Waals surface area (Å²) in [6.45, 7) is 9.77. The van der Waals surface area contributed by atoms with Gasteiger partial charge in [-0.15, -0.1) is 0 Å². The van der Waals surface area contributed by atoms with Gasteiger partial charge >= 0.3 is 0 Å². The predicted molar refractivity (Wildman–Crippen MR) is 63.5 cm³/mol. The molecule has 0 saturated carbocycles. The SMILES string of the molecule is C=Cc1cc(OC)cc(OC(C)(C)C)c1. The van der Waals surface area contributed by atoms with Crippen LogP contribution < -0.4 is 9.47 Å². The van der Waals surface area contributed by atoms with Crippen molar-refractivity contribution in [2.75, 3.05) is 7.11 Å². The average Bonchev–Trinajstić information content (AvgIpc) is 2.14. The van der Waals surface area contributed by atoms with Crippen molar-refractivity contribution in [3.63, 3.8) is 0 Å². The van der Waals surface area contributed by atoms with Gasteiger partial charge in [0, 0.05) is 6.07 Å². The fourth-order valence-corrected chi connectivity index (χ4v) is 1.24. The Morgan fingerprint density at radius 2 is 1.73 bits per heavy atom. The lowest BCUT2D eigenvalue weighted by Gasteiger charge is -2.21. The summed E-state index contributed by atoms with van der Waals surface area (Å²) < 4.78 is 10.9. The summed E-state index contributed by atoms with van der Waals surface area (Å²) in [5, 5.41) is 0. The summed E-state index contributed by atoms with van der Waals surface area (Å²) in [5.41, 5.74) is 0.791. The smallest absolute Gasteiger partial charge is 0.124 e. The molecule has 0 bridgehead atoms. The largest absolute Gasteiger partial charge is 0.497 e. The molecule has 0 aliphatic rings. The zero-order valence-electron chi connectivity index (χ0n) is 9.83. The second-order valence-electron chi connectivity index (χ2n) is 4.36. The molecule has 82 valence electrons. The molecule has 1 aromatic carbocycles. The van der Waals surface area contributed by atoms with Gasteiger partial charge in [-0.2, -0.15) is 0 Å². The van der Waals surface area contributed by atoms with Gasteiger partial charge in [0.05, 0.1) is 7.11 Å². The molecular weight excluding hydrogens is 188 g/mol. The van der Waals surface area contributed by atoms with E-state index in [9.17, 15) is 0 Å². The molecule has 0 spiro atoms. The lowest BCUT2D eigenvalue weighted by Crippen LogP contribution is -2.22. The van der Waals surface area contributed by atoms with Gasteiger partial charge < -0.3 is 9.47 Å². The van der Waals surface area contributed by atoms with Crippen molar-refractivity contribution in [1.82, 2.24) is 0 Å². The minimum absolute atomic E-state index is 0.204. The summed E-state index contributed by atoms with van der Waals surface area (Å²) in [5.74, 6) is 1.59. The molecule has 0 aliphatic heterocycles. The zero-order chi connectivity index (χ0) is 11.5. The zero-order valence-corrected chi connectivity index (χ0v) is 9.83. The van der Waals surface area contributed by atoms with E-state index in [1.54, 1.807) is 13.2 Å². The molecule has 0 unspecified atom stereocenters. The quantitative estimate of drug-likeness (QED) is 0.753. The van der Waals surface area contributed by atoms with E-state index in [0.717, 1.165) is 17.1 Å². The van der Waals surface area contributed by atoms with Gasteiger partial charge in [-0.05, 0) is 38.5 Å². The van der Waals surface area contributed by atoms with Crippen molar-refractivity contribution in [3.8, 4) is 11.5 Å². The van der Waals surface area contributed by atoms with Crippen LogP contribution in [0.4, 0.5) is 0 Å². The molecule has 0 radical (unpaired) electrons. The Morgan fingerprint density at radius 3 is 2.20 bits per heavy atom. The Morgan fingerprint density at radius 1 is 1.13 bits per heavy atom. The van der Waals surface area contributed by atoms with Gasteiger partial charge in [0.25, 0.3) is 0 Å². The molecule has 1 aromatic rings. The van der Waals surface area contributed by atoms with Crippen LogP contribution in [0.1, 0.15) is 26.3 Å². The van der Waals surface area contributed by atoms with Crippen molar-refractivity contribution in [3.05, 3.63) is 30.3 Å². The molecule has 0 heterocycles. The fourth-order valence-electron chi connectivity index (χ4n) is 1.24. The van der Waals surface area contributed by atoms with Crippen LogP contribution >= 0.6 is 0 Å². The van der Waals surface area contributed by atoms with E-state index in [1.807, 2.05) is 39.0 Å².